The van der Waals surface area contributed by atoms with Crippen molar-refractivity contribution in [1.29, 1.82) is 0 Å². The van der Waals surface area contributed by atoms with Crippen LogP contribution in [0.1, 0.15) is 24.7 Å². The van der Waals surface area contributed by atoms with Gasteiger partial charge in [0.25, 0.3) is 0 Å². The highest BCUT2D eigenvalue weighted by atomic mass is 19.1. The Morgan fingerprint density at radius 2 is 2.31 bits per heavy atom. The Hall–Kier alpha value is -1.71. The standard InChI is InChI=1S/C12H15FN2O/c1-9-6-7-11(13)12(15-9)5-3-4-8-14-10(2)16/h3,5-7H,4,8H2,1-2H3,(H,14,16). The third kappa shape index (κ3) is 4.21. The van der Waals surface area contributed by atoms with Crippen LogP contribution < -0.4 is 5.32 Å². The molecule has 1 heterocycles. The van der Waals surface area contributed by atoms with Gasteiger partial charge in [-0.05, 0) is 31.6 Å². The smallest absolute Gasteiger partial charge is 0.216 e. The quantitative estimate of drug-likeness (QED) is 0.792. The minimum atomic E-state index is -0.332. The van der Waals surface area contributed by atoms with E-state index < -0.39 is 0 Å². The van der Waals surface area contributed by atoms with Crippen LogP contribution in [-0.2, 0) is 4.79 Å². The van der Waals surface area contributed by atoms with Crippen LogP contribution in [0.5, 0.6) is 0 Å². The number of nitrogens with one attached hydrogen (secondary N) is 1. The number of hydrogen-bond acceptors (Lipinski definition) is 2. The van der Waals surface area contributed by atoms with Crippen LogP contribution in [-0.4, -0.2) is 17.4 Å². The lowest BCUT2D eigenvalue weighted by Crippen LogP contribution is -2.20. The van der Waals surface area contributed by atoms with Gasteiger partial charge in [0.1, 0.15) is 5.82 Å². The lowest BCUT2D eigenvalue weighted by atomic mass is 10.2. The van der Waals surface area contributed by atoms with E-state index in [0.29, 0.717) is 18.7 Å². The van der Waals surface area contributed by atoms with Gasteiger partial charge in [-0.1, -0.05) is 6.08 Å². The molecule has 1 aromatic rings. The third-order valence-electron chi connectivity index (χ3n) is 1.97. The van der Waals surface area contributed by atoms with Crippen LogP contribution in [0, 0.1) is 12.7 Å². The molecule has 16 heavy (non-hydrogen) atoms. The molecule has 0 saturated carbocycles. The summed E-state index contributed by atoms with van der Waals surface area (Å²) in [5.74, 6) is -0.394. The van der Waals surface area contributed by atoms with Crippen molar-refractivity contribution >= 4 is 12.0 Å². The molecule has 0 radical (unpaired) electrons. The van der Waals surface area contributed by atoms with Crippen LogP contribution in [0.15, 0.2) is 18.2 Å². The lowest BCUT2D eigenvalue weighted by molar-refractivity contribution is -0.118. The van der Waals surface area contributed by atoms with Gasteiger partial charge < -0.3 is 5.32 Å². The molecule has 4 heteroatoms. The van der Waals surface area contributed by atoms with Crippen LogP contribution in [0.2, 0.25) is 0 Å². The Balaban J connectivity index is 2.49. The van der Waals surface area contributed by atoms with Crippen LogP contribution in [0.4, 0.5) is 4.39 Å². The van der Waals surface area contributed by atoms with E-state index in [2.05, 4.69) is 10.3 Å². The topological polar surface area (TPSA) is 42.0 Å². The number of amides is 1. The van der Waals surface area contributed by atoms with Gasteiger partial charge in [0, 0.05) is 19.2 Å². The van der Waals surface area contributed by atoms with Gasteiger partial charge in [-0.3, -0.25) is 9.78 Å². The molecule has 1 N–H and O–H groups in total. The highest BCUT2D eigenvalue weighted by Gasteiger charge is 1.99. The van der Waals surface area contributed by atoms with E-state index in [1.807, 2.05) is 6.92 Å². The predicted octanol–water partition coefficient (Wildman–Crippen LogP) is 2.07. The number of carbonyl (C=O) groups excluding carboxylic acids is 1. The fourth-order valence-corrected chi connectivity index (χ4v) is 1.20. The Labute approximate surface area is 94.4 Å². The normalized spacial score (nSPS) is 10.7. The second-order valence-electron chi connectivity index (χ2n) is 3.49. The summed E-state index contributed by atoms with van der Waals surface area (Å²) in [5.41, 5.74) is 1.12. The number of pyridine rings is 1. The summed E-state index contributed by atoms with van der Waals surface area (Å²) < 4.78 is 13.2. The molecule has 1 amide bonds. The van der Waals surface area contributed by atoms with E-state index >= 15 is 0 Å². The molecule has 0 aromatic carbocycles. The van der Waals surface area contributed by atoms with Gasteiger partial charge >= 0.3 is 0 Å². The van der Waals surface area contributed by atoms with Crippen molar-refractivity contribution in [3.8, 4) is 0 Å². The van der Waals surface area contributed by atoms with Gasteiger partial charge in [-0.2, -0.15) is 0 Å². The molecule has 0 bridgehead atoms. The maximum atomic E-state index is 13.2. The number of carbonyl (C=O) groups is 1. The lowest BCUT2D eigenvalue weighted by Gasteiger charge is -1.99. The highest BCUT2D eigenvalue weighted by Crippen LogP contribution is 2.07. The van der Waals surface area contributed by atoms with Gasteiger partial charge in [0.05, 0.1) is 5.69 Å². The summed E-state index contributed by atoms with van der Waals surface area (Å²) in [5, 5.41) is 2.65. The Morgan fingerprint density at radius 1 is 1.56 bits per heavy atom. The van der Waals surface area contributed by atoms with E-state index in [0.717, 1.165) is 5.69 Å². The van der Waals surface area contributed by atoms with E-state index in [-0.39, 0.29) is 11.7 Å². The molecule has 0 spiro atoms. The molecule has 1 rings (SSSR count). The van der Waals surface area contributed by atoms with Crippen molar-refractivity contribution in [2.45, 2.75) is 20.3 Å². The Kier molecular flexibility index (Phi) is 4.64. The molecule has 3 nitrogen and oxygen atoms in total. The number of rotatable bonds is 4. The largest absolute Gasteiger partial charge is 0.356 e. The maximum Gasteiger partial charge on any atom is 0.216 e. The first-order chi connectivity index (χ1) is 7.59. The highest BCUT2D eigenvalue weighted by molar-refractivity contribution is 5.72. The summed E-state index contributed by atoms with van der Waals surface area (Å²) in [7, 11) is 0. The minimum Gasteiger partial charge on any atom is -0.356 e. The molecule has 86 valence electrons. The van der Waals surface area contributed by atoms with Gasteiger partial charge in [-0.15, -0.1) is 0 Å². The summed E-state index contributed by atoms with van der Waals surface area (Å²) >= 11 is 0. The second-order valence-corrected chi connectivity index (χ2v) is 3.49. The van der Waals surface area contributed by atoms with Crippen LogP contribution in [0.3, 0.4) is 0 Å². The Bertz CT molecular complexity index is 402. The van der Waals surface area contributed by atoms with Crippen molar-refractivity contribution in [2.75, 3.05) is 6.54 Å². The summed E-state index contributed by atoms with van der Waals surface area (Å²) in [6.45, 7) is 3.83. The van der Waals surface area contributed by atoms with E-state index in [9.17, 15) is 9.18 Å². The van der Waals surface area contributed by atoms with Gasteiger partial charge in [0.2, 0.25) is 5.91 Å². The molecular formula is C12H15FN2O. The molecule has 0 unspecified atom stereocenters. The van der Waals surface area contributed by atoms with Crippen molar-refractivity contribution in [3.05, 3.63) is 35.4 Å². The fraction of sp³-hybridized carbons (Fsp3) is 0.333. The molecule has 0 fully saturated rings. The number of nitrogens with zero attached hydrogens (tertiary/aromatic N) is 1. The average Bonchev–Trinajstić information content (AvgIpc) is 2.22. The first-order valence-electron chi connectivity index (χ1n) is 5.13. The fourth-order valence-electron chi connectivity index (χ4n) is 1.20. The Morgan fingerprint density at radius 3 is 3.00 bits per heavy atom. The molecule has 0 aliphatic rings. The van der Waals surface area contributed by atoms with Gasteiger partial charge in [-0.25, -0.2) is 4.39 Å². The second kappa shape index (κ2) is 6.00. The number of hydrogen-bond donors (Lipinski definition) is 1. The first kappa shape index (κ1) is 12.4. The number of halogens is 1. The van der Waals surface area contributed by atoms with Crippen molar-refractivity contribution in [2.24, 2.45) is 0 Å². The predicted molar refractivity (Wildman–Crippen MR) is 61.3 cm³/mol. The molecule has 0 atom stereocenters. The minimum absolute atomic E-state index is 0.0618. The van der Waals surface area contributed by atoms with Crippen LogP contribution >= 0.6 is 0 Å². The molecule has 0 saturated heterocycles. The zero-order chi connectivity index (χ0) is 12.0. The summed E-state index contributed by atoms with van der Waals surface area (Å²) in [6.07, 6.45) is 4.08. The molecule has 0 aliphatic heterocycles. The number of aryl methyl sites for hydroxylation is 1. The first-order valence-corrected chi connectivity index (χ1v) is 5.13. The van der Waals surface area contributed by atoms with Crippen LogP contribution in [0.25, 0.3) is 6.08 Å². The van der Waals surface area contributed by atoms with Crippen molar-refractivity contribution < 1.29 is 9.18 Å². The molecule has 1 aromatic heterocycles. The maximum absolute atomic E-state index is 13.2. The monoisotopic (exact) mass is 222 g/mol. The van der Waals surface area contributed by atoms with Crippen molar-refractivity contribution in [1.82, 2.24) is 10.3 Å². The zero-order valence-corrected chi connectivity index (χ0v) is 9.46. The SMILES string of the molecule is CC(=O)NCCC=Cc1nc(C)ccc1F. The number of aromatic nitrogens is 1. The third-order valence-corrected chi connectivity index (χ3v) is 1.97. The van der Waals surface area contributed by atoms with E-state index in [1.54, 1.807) is 18.2 Å². The summed E-state index contributed by atoms with van der Waals surface area (Å²) in [4.78, 5) is 14.6. The summed E-state index contributed by atoms with van der Waals surface area (Å²) in [6, 6.07) is 3.03. The van der Waals surface area contributed by atoms with E-state index in [1.165, 1.54) is 13.0 Å². The van der Waals surface area contributed by atoms with E-state index in [4.69, 9.17) is 0 Å². The zero-order valence-electron chi connectivity index (χ0n) is 9.46. The molecular weight excluding hydrogens is 207 g/mol. The average molecular weight is 222 g/mol. The van der Waals surface area contributed by atoms with Gasteiger partial charge in [0.15, 0.2) is 0 Å². The molecule has 0 aliphatic carbocycles. The van der Waals surface area contributed by atoms with Crippen molar-refractivity contribution in [3.63, 3.8) is 0 Å².